The number of likely N-dealkylation sites (tertiary alicyclic amines) is 2. The van der Waals surface area contributed by atoms with E-state index < -0.39 is 50.0 Å². The van der Waals surface area contributed by atoms with Crippen molar-refractivity contribution in [1.82, 2.24) is 9.80 Å². The molecule has 0 aromatic heterocycles. The smallest absolute Gasteiger partial charge is 0.469 e. The molecule has 5 aliphatic rings. The van der Waals surface area contributed by atoms with Crippen LogP contribution in [0.15, 0.2) is 18.2 Å². The van der Waals surface area contributed by atoms with Crippen LogP contribution in [0.3, 0.4) is 0 Å². The molecule has 2 aliphatic heterocycles. The van der Waals surface area contributed by atoms with Crippen molar-refractivity contribution in [2.75, 3.05) is 37.7 Å². The number of hydrogen-bond donors (Lipinski definition) is 2. The van der Waals surface area contributed by atoms with Gasteiger partial charge in [0.1, 0.15) is 17.3 Å². The molecule has 3 aliphatic carbocycles. The van der Waals surface area contributed by atoms with Crippen LogP contribution in [0, 0.1) is 23.2 Å². The van der Waals surface area contributed by atoms with Gasteiger partial charge in [0.05, 0.1) is 6.10 Å². The molecule has 1 aromatic carbocycles. The predicted octanol–water partition coefficient (Wildman–Crippen LogP) is 10.5. The van der Waals surface area contributed by atoms with Crippen molar-refractivity contribution in [3.8, 4) is 5.75 Å². The molecule has 16 heteroatoms. The minimum absolute atomic E-state index is 0.152. The summed E-state index contributed by atoms with van der Waals surface area (Å²) in [6.45, 7) is 5.87. The number of phosphoric ester groups is 1. The van der Waals surface area contributed by atoms with Crippen LogP contribution in [-0.4, -0.2) is 92.2 Å². The van der Waals surface area contributed by atoms with Crippen molar-refractivity contribution in [2.45, 2.75) is 166 Å². The van der Waals surface area contributed by atoms with E-state index in [1.165, 1.54) is 30.4 Å². The summed E-state index contributed by atoms with van der Waals surface area (Å²) in [6.07, 6.45) is 9.23. The van der Waals surface area contributed by atoms with Gasteiger partial charge in [0, 0.05) is 25.6 Å². The molecule has 1 unspecified atom stereocenters. The Morgan fingerprint density at radius 1 is 0.898 bits per heavy atom. The van der Waals surface area contributed by atoms with E-state index >= 15 is 0 Å². The lowest BCUT2D eigenvalue weighted by Gasteiger charge is -2.53. The van der Waals surface area contributed by atoms with Gasteiger partial charge in [-0.05, 0) is 149 Å². The molecular formula is C43H66F5N2O7PS. The van der Waals surface area contributed by atoms with Crippen LogP contribution in [0.1, 0.15) is 146 Å². The summed E-state index contributed by atoms with van der Waals surface area (Å²) in [5.41, 5.74) is 2.20. The van der Waals surface area contributed by atoms with Crippen LogP contribution >= 0.6 is 7.82 Å². The average Bonchev–Trinajstić information content (AvgIpc) is 3.51. The zero-order valence-electron chi connectivity index (χ0n) is 34.7. The second-order valence-corrected chi connectivity index (χ2v) is 21.3. The lowest BCUT2D eigenvalue weighted by molar-refractivity contribution is -0.284. The fraction of sp³-hybridized carbons (Fsp3) is 0.837. The van der Waals surface area contributed by atoms with Crippen LogP contribution in [-0.2, 0) is 26.7 Å². The molecule has 1 aromatic rings. The number of phosphoric acid groups is 1. The molecule has 0 radical (unpaired) electrons. The van der Waals surface area contributed by atoms with Gasteiger partial charge < -0.3 is 28.9 Å². The maximum atomic E-state index is 13.4. The third-order valence-corrected chi connectivity index (χ3v) is 16.6. The molecule has 6 rings (SSSR count). The van der Waals surface area contributed by atoms with Crippen molar-refractivity contribution in [3.05, 3.63) is 29.3 Å². The molecule has 7 atom stereocenters. The van der Waals surface area contributed by atoms with Crippen molar-refractivity contribution in [2.24, 2.45) is 23.2 Å². The summed E-state index contributed by atoms with van der Waals surface area (Å²) < 4.78 is 98.9. The van der Waals surface area contributed by atoms with Crippen molar-refractivity contribution in [3.63, 3.8) is 0 Å². The average molecular weight is 881 g/mol. The largest absolute Gasteiger partial charge is 0.616 e. The van der Waals surface area contributed by atoms with Crippen molar-refractivity contribution < 1.29 is 54.9 Å². The van der Waals surface area contributed by atoms with Crippen molar-refractivity contribution >= 4 is 25.1 Å². The number of hydrogen-bond acceptors (Lipinski definition) is 6. The molecule has 1 amide bonds. The molecular weight excluding hydrogens is 815 g/mol. The van der Waals surface area contributed by atoms with Crippen LogP contribution < -0.4 is 4.74 Å². The third kappa shape index (κ3) is 12.2. The Kier molecular flexibility index (Phi) is 16.2. The Morgan fingerprint density at radius 2 is 1.56 bits per heavy atom. The first-order chi connectivity index (χ1) is 27.9. The quantitative estimate of drug-likeness (QED) is 0.0647. The van der Waals surface area contributed by atoms with Gasteiger partial charge in [0.2, 0.25) is 0 Å². The number of fused-ring (bicyclic) bond motifs is 5. The van der Waals surface area contributed by atoms with Crippen molar-refractivity contribution in [1.29, 1.82) is 0 Å². The van der Waals surface area contributed by atoms with Gasteiger partial charge in [0.25, 0.3) is 0 Å². The summed E-state index contributed by atoms with van der Waals surface area (Å²) in [6, 6.07) is 6.70. The van der Waals surface area contributed by atoms with Gasteiger partial charge in [0.15, 0.2) is 0 Å². The number of ether oxygens (including phenoxy) is 1. The summed E-state index contributed by atoms with van der Waals surface area (Å²) in [4.78, 5) is 37.3. The second-order valence-electron chi connectivity index (χ2n) is 18.4. The summed E-state index contributed by atoms with van der Waals surface area (Å²) >= 11 is -1.41. The Hall–Kier alpha value is -1.48. The number of halogens is 5. The molecule has 336 valence electrons. The minimum atomic E-state index is -5.58. The van der Waals surface area contributed by atoms with Gasteiger partial charge in [-0.1, -0.05) is 62.7 Å². The highest BCUT2D eigenvalue weighted by Gasteiger charge is 2.59. The molecule has 0 spiro atoms. The van der Waals surface area contributed by atoms with E-state index in [4.69, 9.17) is 9.26 Å². The molecule has 2 saturated heterocycles. The van der Waals surface area contributed by atoms with Gasteiger partial charge in [-0.15, -0.1) is 0 Å². The number of amides is 1. The standard InChI is InChI=1S/C43H66F5N2O7PS/c1-41-22-18-36-35-15-14-34(56-40(51)50-25-19-33(20-26-50)49-23-9-7-10-24-49)30-32(35)29-31(39(36)37(41)16-17-38(41)57-58(52,53)54)13-8-5-3-2-4-6-11-27-59(55)28-12-21-42(44,45)43(46,47)48/h14-15,30-31,33,36-39H,2-13,16-29H2,1H3,(H2,52,53,54)/t31-,36-,37+,38+,39-,41+,59?/m1/s1. The zero-order chi connectivity index (χ0) is 42.4. The summed E-state index contributed by atoms with van der Waals surface area (Å²) in [7, 11) is -4.64. The van der Waals surface area contributed by atoms with Crippen LogP contribution in [0.5, 0.6) is 5.75 Å². The predicted molar refractivity (Wildman–Crippen MR) is 218 cm³/mol. The zero-order valence-corrected chi connectivity index (χ0v) is 36.4. The fourth-order valence-electron chi connectivity index (χ4n) is 11.5. The second kappa shape index (κ2) is 20.4. The van der Waals surface area contributed by atoms with E-state index in [-0.39, 0.29) is 23.2 Å². The van der Waals surface area contributed by atoms with Crippen LogP contribution in [0.4, 0.5) is 26.7 Å². The number of carbonyl (C=O) groups excluding carboxylic acids is 1. The number of piperidine rings is 2. The van der Waals surface area contributed by atoms with Crippen LogP contribution in [0.25, 0.3) is 0 Å². The maximum absolute atomic E-state index is 13.4. The maximum Gasteiger partial charge on any atom is 0.469 e. The molecule has 2 N–H and O–H groups in total. The number of carbonyl (C=O) groups is 1. The highest BCUT2D eigenvalue weighted by Crippen LogP contribution is 2.65. The molecule has 0 bridgehead atoms. The lowest BCUT2D eigenvalue weighted by atomic mass is 9.52. The SMILES string of the molecule is C[C@]12CC[C@@H]3c4ccc(OC(=O)N5CCC(N6CCCCC6)CC5)cc4C[C@@H](CCCCCCCCC[S+]([O-])CCCC(F)(F)C(F)(F)F)[C@H]3[C@@H]1CC[C@@H]2OP(=O)(O)O. The molecule has 59 heavy (non-hydrogen) atoms. The van der Waals surface area contributed by atoms with E-state index in [9.17, 15) is 45.7 Å². The number of alkyl halides is 5. The Bertz CT molecular complexity index is 1570. The molecule has 2 saturated carbocycles. The Morgan fingerprint density at radius 3 is 2.24 bits per heavy atom. The summed E-state index contributed by atoms with van der Waals surface area (Å²) in [5.74, 6) is -2.73. The fourth-order valence-corrected chi connectivity index (χ4v) is 13.4. The van der Waals surface area contributed by atoms with Crippen LogP contribution in [0.2, 0.25) is 0 Å². The highest BCUT2D eigenvalue weighted by molar-refractivity contribution is 7.91. The Labute approximate surface area is 350 Å². The van der Waals surface area contributed by atoms with Gasteiger partial charge in [-0.25, -0.2) is 9.36 Å². The van der Waals surface area contributed by atoms with E-state index in [1.54, 1.807) is 0 Å². The van der Waals surface area contributed by atoms with Gasteiger partial charge in [-0.3, -0.25) is 4.52 Å². The topological polar surface area (TPSA) is 123 Å². The first-order valence-corrected chi connectivity index (χ1v) is 25.3. The molecule has 4 fully saturated rings. The van der Waals surface area contributed by atoms with E-state index in [1.807, 2.05) is 11.0 Å². The minimum Gasteiger partial charge on any atom is -0.616 e. The first-order valence-electron chi connectivity index (χ1n) is 22.3. The number of nitrogens with zero attached hydrogens (tertiary/aromatic N) is 2. The third-order valence-electron chi connectivity index (χ3n) is 14.6. The van der Waals surface area contributed by atoms with E-state index in [0.717, 1.165) is 96.6 Å². The highest BCUT2D eigenvalue weighted by atomic mass is 32.2. The summed E-state index contributed by atoms with van der Waals surface area (Å²) in [5, 5.41) is 0. The lowest BCUT2D eigenvalue weighted by Crippen LogP contribution is -2.48. The monoisotopic (exact) mass is 880 g/mol. The Balaban J connectivity index is 1.00. The van der Waals surface area contributed by atoms with E-state index in [2.05, 4.69) is 24.0 Å². The van der Waals surface area contributed by atoms with Gasteiger partial charge in [-0.2, -0.15) is 22.0 Å². The molecule has 9 nitrogen and oxygen atoms in total. The number of rotatable bonds is 18. The number of benzene rings is 1. The normalized spacial score (nSPS) is 28.8. The molecule has 2 heterocycles. The number of unbranched alkanes of at least 4 members (excludes halogenated alkanes) is 6. The van der Waals surface area contributed by atoms with Gasteiger partial charge >= 0.3 is 26.0 Å². The van der Waals surface area contributed by atoms with E-state index in [0.29, 0.717) is 61.2 Å². The first kappa shape index (κ1) is 47.0.